The van der Waals surface area contributed by atoms with Gasteiger partial charge in [0.05, 0.1) is 5.92 Å². The van der Waals surface area contributed by atoms with Crippen LogP contribution in [0.25, 0.3) is 22.4 Å². The maximum atomic E-state index is 11.3. The minimum Gasteiger partial charge on any atom is -0.481 e. The van der Waals surface area contributed by atoms with E-state index >= 15 is 0 Å². The predicted molar refractivity (Wildman–Crippen MR) is 87.6 cm³/mol. The zero-order valence-electron chi connectivity index (χ0n) is 12.9. The fraction of sp³-hybridized carbons (Fsp3) is 0.294. The lowest BCUT2D eigenvalue weighted by Gasteiger charge is -2.31. The molecule has 0 spiro atoms. The van der Waals surface area contributed by atoms with Crippen LogP contribution in [0, 0.1) is 5.92 Å². The summed E-state index contributed by atoms with van der Waals surface area (Å²) in [6, 6.07) is 9.70. The normalized spacial score (nSPS) is 18.0. The molecule has 24 heavy (non-hydrogen) atoms. The molecule has 7 nitrogen and oxygen atoms in total. The van der Waals surface area contributed by atoms with Gasteiger partial charge in [-0.2, -0.15) is 4.98 Å². The van der Waals surface area contributed by atoms with E-state index in [-0.39, 0.29) is 5.92 Å². The van der Waals surface area contributed by atoms with Crippen LogP contribution in [0.1, 0.15) is 12.8 Å². The average molecular weight is 324 g/mol. The second kappa shape index (κ2) is 5.92. The number of benzene rings is 1. The van der Waals surface area contributed by atoms with Crippen molar-refractivity contribution in [1.29, 1.82) is 0 Å². The van der Waals surface area contributed by atoms with E-state index in [0.29, 0.717) is 30.2 Å². The van der Waals surface area contributed by atoms with Gasteiger partial charge in [0.2, 0.25) is 0 Å². The van der Waals surface area contributed by atoms with Crippen LogP contribution in [0.5, 0.6) is 0 Å². The molecule has 0 radical (unpaired) electrons. The Kier molecular flexibility index (Phi) is 3.60. The molecule has 0 bridgehead atoms. The van der Waals surface area contributed by atoms with Gasteiger partial charge in [-0.3, -0.25) is 4.79 Å². The van der Waals surface area contributed by atoms with Crippen LogP contribution >= 0.6 is 0 Å². The van der Waals surface area contributed by atoms with E-state index in [1.165, 1.54) is 6.33 Å². The molecule has 1 saturated heterocycles. The number of hydrogen-bond acceptors (Lipinski definition) is 6. The molecule has 1 aromatic carbocycles. The molecule has 1 aliphatic rings. The summed E-state index contributed by atoms with van der Waals surface area (Å²) in [7, 11) is 0. The van der Waals surface area contributed by atoms with Crippen molar-refractivity contribution < 1.29 is 14.4 Å². The third-order valence-corrected chi connectivity index (χ3v) is 4.37. The number of fused-ring (bicyclic) bond motifs is 1. The Morgan fingerprint density at radius 3 is 2.88 bits per heavy atom. The summed E-state index contributed by atoms with van der Waals surface area (Å²) in [5.41, 5.74) is 2.01. The second-order valence-corrected chi connectivity index (χ2v) is 5.90. The average Bonchev–Trinajstić information content (AvgIpc) is 3.07. The highest BCUT2D eigenvalue weighted by atomic mass is 16.5. The minimum absolute atomic E-state index is 0.385. The minimum atomic E-state index is -0.765. The Hall–Kier alpha value is -2.96. The van der Waals surface area contributed by atoms with E-state index in [2.05, 4.69) is 15.1 Å². The highest BCUT2D eigenvalue weighted by molar-refractivity contribution is 5.98. The summed E-state index contributed by atoms with van der Waals surface area (Å²) in [4.78, 5) is 21.9. The van der Waals surface area contributed by atoms with E-state index in [1.54, 1.807) is 0 Å². The first-order valence-electron chi connectivity index (χ1n) is 7.87. The number of piperidine rings is 1. The quantitative estimate of drug-likeness (QED) is 0.791. The van der Waals surface area contributed by atoms with Gasteiger partial charge in [0.15, 0.2) is 0 Å². The number of aromatic nitrogens is 3. The molecule has 1 aliphatic heterocycles. The third-order valence-electron chi connectivity index (χ3n) is 4.37. The van der Waals surface area contributed by atoms with E-state index < -0.39 is 5.97 Å². The Morgan fingerprint density at radius 1 is 1.25 bits per heavy atom. The van der Waals surface area contributed by atoms with Crippen molar-refractivity contribution in [3.05, 3.63) is 36.7 Å². The van der Waals surface area contributed by atoms with Gasteiger partial charge in [-0.25, -0.2) is 4.98 Å². The van der Waals surface area contributed by atoms with Crippen molar-refractivity contribution in [3.8, 4) is 11.3 Å². The number of carbonyl (C=O) groups is 1. The van der Waals surface area contributed by atoms with Gasteiger partial charge in [0.25, 0.3) is 5.71 Å². The molecule has 1 unspecified atom stereocenters. The molecular formula is C17H16N4O3. The van der Waals surface area contributed by atoms with Crippen molar-refractivity contribution in [1.82, 2.24) is 15.1 Å². The van der Waals surface area contributed by atoms with Gasteiger partial charge in [-0.15, -0.1) is 0 Å². The summed E-state index contributed by atoms with van der Waals surface area (Å²) in [5, 5.41) is 14.2. The highest BCUT2D eigenvalue weighted by Crippen LogP contribution is 2.34. The Morgan fingerprint density at radius 2 is 2.08 bits per heavy atom. The van der Waals surface area contributed by atoms with Gasteiger partial charge in [0.1, 0.15) is 23.2 Å². The molecule has 4 rings (SSSR count). The summed E-state index contributed by atoms with van der Waals surface area (Å²) in [6.45, 7) is 1.19. The molecule has 1 atom stereocenters. The number of nitrogens with zero attached hydrogens (tertiary/aromatic N) is 4. The first-order valence-corrected chi connectivity index (χ1v) is 7.87. The maximum absolute atomic E-state index is 11.3. The zero-order chi connectivity index (χ0) is 16.5. The predicted octanol–water partition coefficient (Wildman–Crippen LogP) is 2.59. The van der Waals surface area contributed by atoms with Crippen LogP contribution in [0.4, 0.5) is 5.82 Å². The molecule has 0 saturated carbocycles. The number of hydrogen-bond donors (Lipinski definition) is 1. The monoisotopic (exact) mass is 324 g/mol. The van der Waals surface area contributed by atoms with Crippen LogP contribution in [-0.2, 0) is 4.79 Å². The molecule has 1 fully saturated rings. The van der Waals surface area contributed by atoms with Crippen LogP contribution < -0.4 is 4.90 Å². The summed E-state index contributed by atoms with van der Waals surface area (Å²) < 4.78 is 5.37. The molecule has 3 heterocycles. The van der Waals surface area contributed by atoms with E-state index in [9.17, 15) is 9.90 Å². The van der Waals surface area contributed by atoms with E-state index in [0.717, 1.165) is 23.9 Å². The van der Waals surface area contributed by atoms with Crippen LogP contribution in [0.2, 0.25) is 0 Å². The van der Waals surface area contributed by atoms with Crippen LogP contribution in [0.15, 0.2) is 41.2 Å². The van der Waals surface area contributed by atoms with Gasteiger partial charge >= 0.3 is 5.97 Å². The molecule has 2 aromatic heterocycles. The smallest absolute Gasteiger partial charge is 0.308 e. The van der Waals surface area contributed by atoms with E-state index in [1.807, 2.05) is 35.2 Å². The Balaban J connectivity index is 1.81. The fourth-order valence-electron chi connectivity index (χ4n) is 3.18. The van der Waals surface area contributed by atoms with Gasteiger partial charge in [-0.1, -0.05) is 35.5 Å². The standard InChI is InChI=1S/C17H16N4O3/c22-17(23)12-7-4-8-21(9-12)15-13-14(11-5-2-1-3-6-11)20-24-16(13)19-10-18-15/h1-3,5-6,10,12H,4,7-9H2,(H,22,23). The van der Waals surface area contributed by atoms with Crippen molar-refractivity contribution in [2.75, 3.05) is 18.0 Å². The van der Waals surface area contributed by atoms with Crippen molar-refractivity contribution in [2.45, 2.75) is 12.8 Å². The fourth-order valence-corrected chi connectivity index (χ4v) is 3.18. The number of carboxylic acids is 1. The van der Waals surface area contributed by atoms with Crippen molar-refractivity contribution in [2.24, 2.45) is 5.92 Å². The van der Waals surface area contributed by atoms with Gasteiger partial charge in [0, 0.05) is 18.7 Å². The number of carboxylic acid groups (broad SMARTS) is 1. The molecule has 3 aromatic rings. The molecule has 0 amide bonds. The lowest BCUT2D eigenvalue weighted by Crippen LogP contribution is -2.39. The molecule has 0 aliphatic carbocycles. The lowest BCUT2D eigenvalue weighted by atomic mass is 9.98. The first kappa shape index (κ1) is 14.6. The van der Waals surface area contributed by atoms with Crippen LogP contribution in [-0.4, -0.2) is 39.3 Å². The molecule has 122 valence electrons. The van der Waals surface area contributed by atoms with Crippen LogP contribution in [0.3, 0.4) is 0 Å². The van der Waals surface area contributed by atoms with E-state index in [4.69, 9.17) is 4.52 Å². The van der Waals surface area contributed by atoms with Gasteiger partial charge in [-0.05, 0) is 12.8 Å². The lowest BCUT2D eigenvalue weighted by molar-refractivity contribution is -0.141. The van der Waals surface area contributed by atoms with Crippen molar-refractivity contribution >= 4 is 22.9 Å². The first-order chi connectivity index (χ1) is 11.7. The number of rotatable bonds is 3. The third kappa shape index (κ3) is 2.47. The van der Waals surface area contributed by atoms with Gasteiger partial charge < -0.3 is 14.5 Å². The second-order valence-electron chi connectivity index (χ2n) is 5.90. The largest absolute Gasteiger partial charge is 0.481 e. The number of aliphatic carboxylic acids is 1. The SMILES string of the molecule is O=C(O)C1CCCN(c2ncnc3onc(-c4ccccc4)c23)C1. The molecule has 7 heteroatoms. The summed E-state index contributed by atoms with van der Waals surface area (Å²) >= 11 is 0. The zero-order valence-corrected chi connectivity index (χ0v) is 12.9. The molecule has 1 N–H and O–H groups in total. The maximum Gasteiger partial charge on any atom is 0.308 e. The topological polar surface area (TPSA) is 92.3 Å². The summed E-state index contributed by atoms with van der Waals surface area (Å²) in [6.07, 6.45) is 2.94. The Bertz CT molecular complexity index is 878. The summed E-state index contributed by atoms with van der Waals surface area (Å²) in [5.74, 6) is -0.464. The number of anilines is 1. The Labute approximate surface area is 137 Å². The molecular weight excluding hydrogens is 308 g/mol. The van der Waals surface area contributed by atoms with Crippen molar-refractivity contribution in [3.63, 3.8) is 0 Å². The highest BCUT2D eigenvalue weighted by Gasteiger charge is 2.28.